The molecule has 1 aliphatic heterocycles. The van der Waals surface area contributed by atoms with Crippen molar-refractivity contribution in [2.24, 2.45) is 5.73 Å². The predicted molar refractivity (Wildman–Crippen MR) is 64.3 cm³/mol. The van der Waals surface area contributed by atoms with Gasteiger partial charge < -0.3 is 10.6 Å². The molecule has 0 aliphatic carbocycles. The highest BCUT2D eigenvalue weighted by molar-refractivity contribution is 7.92. The summed E-state index contributed by atoms with van der Waals surface area (Å²) >= 11 is 0. The highest BCUT2D eigenvalue weighted by atomic mass is 32.2. The summed E-state index contributed by atoms with van der Waals surface area (Å²) < 4.78 is 37.3. The van der Waals surface area contributed by atoms with E-state index in [2.05, 4.69) is 0 Å². The SMILES string of the molecule is CC1CN(CCN)c2ccc(F)cc2S1(=O)=O. The summed E-state index contributed by atoms with van der Waals surface area (Å²) in [6.07, 6.45) is 0. The normalized spacial score (nSPS) is 22.3. The molecule has 4 nitrogen and oxygen atoms in total. The highest BCUT2D eigenvalue weighted by Gasteiger charge is 2.34. The van der Waals surface area contributed by atoms with Crippen molar-refractivity contribution in [2.75, 3.05) is 24.5 Å². The van der Waals surface area contributed by atoms with Crippen LogP contribution < -0.4 is 10.6 Å². The van der Waals surface area contributed by atoms with Gasteiger partial charge in [0.15, 0.2) is 9.84 Å². The molecule has 2 N–H and O–H groups in total. The Bertz CT molecular complexity index is 530. The van der Waals surface area contributed by atoms with E-state index >= 15 is 0 Å². The summed E-state index contributed by atoms with van der Waals surface area (Å²) in [5.74, 6) is -0.533. The van der Waals surface area contributed by atoms with E-state index in [4.69, 9.17) is 5.73 Å². The van der Waals surface area contributed by atoms with E-state index in [9.17, 15) is 12.8 Å². The molecule has 0 radical (unpaired) electrons. The van der Waals surface area contributed by atoms with Gasteiger partial charge in [0, 0.05) is 19.6 Å². The molecule has 2 rings (SSSR count). The molecule has 0 aromatic heterocycles. The number of hydrogen-bond donors (Lipinski definition) is 1. The van der Waals surface area contributed by atoms with E-state index in [0.29, 0.717) is 25.3 Å². The average Bonchev–Trinajstić information content (AvgIpc) is 2.26. The fourth-order valence-electron chi connectivity index (χ4n) is 2.07. The van der Waals surface area contributed by atoms with Crippen molar-refractivity contribution in [2.45, 2.75) is 17.1 Å². The van der Waals surface area contributed by atoms with Crippen LogP contribution in [0.1, 0.15) is 6.92 Å². The van der Waals surface area contributed by atoms with Crippen LogP contribution in [-0.4, -0.2) is 33.3 Å². The van der Waals surface area contributed by atoms with Gasteiger partial charge in [-0.25, -0.2) is 12.8 Å². The molecule has 6 heteroatoms. The van der Waals surface area contributed by atoms with E-state index in [1.807, 2.05) is 4.90 Å². The lowest BCUT2D eigenvalue weighted by molar-refractivity contribution is 0.568. The summed E-state index contributed by atoms with van der Waals surface area (Å²) in [7, 11) is -3.42. The van der Waals surface area contributed by atoms with Crippen LogP contribution in [0.2, 0.25) is 0 Å². The molecular formula is C11H15FN2O2S. The Labute approximate surface area is 100 Å². The molecule has 1 aliphatic rings. The first-order valence-electron chi connectivity index (χ1n) is 5.45. The minimum Gasteiger partial charge on any atom is -0.368 e. The van der Waals surface area contributed by atoms with Crippen LogP contribution in [0.25, 0.3) is 0 Å². The largest absolute Gasteiger partial charge is 0.368 e. The molecule has 0 amide bonds. The van der Waals surface area contributed by atoms with E-state index < -0.39 is 20.9 Å². The van der Waals surface area contributed by atoms with Crippen LogP contribution in [0.3, 0.4) is 0 Å². The van der Waals surface area contributed by atoms with Crippen molar-refractivity contribution in [1.82, 2.24) is 0 Å². The predicted octanol–water partition coefficient (Wildman–Crippen LogP) is 0.767. The number of halogens is 1. The van der Waals surface area contributed by atoms with Crippen LogP contribution >= 0.6 is 0 Å². The fraction of sp³-hybridized carbons (Fsp3) is 0.455. The Morgan fingerprint density at radius 3 is 2.88 bits per heavy atom. The maximum atomic E-state index is 13.2. The van der Waals surface area contributed by atoms with Crippen molar-refractivity contribution >= 4 is 15.5 Å². The quantitative estimate of drug-likeness (QED) is 0.851. The van der Waals surface area contributed by atoms with Crippen LogP contribution in [0, 0.1) is 5.82 Å². The Balaban J connectivity index is 2.59. The Hall–Kier alpha value is -1.14. The van der Waals surface area contributed by atoms with Crippen molar-refractivity contribution in [3.63, 3.8) is 0 Å². The first-order chi connectivity index (χ1) is 7.96. The summed E-state index contributed by atoms with van der Waals surface area (Å²) in [5.41, 5.74) is 6.05. The second-order valence-corrected chi connectivity index (χ2v) is 6.54. The van der Waals surface area contributed by atoms with E-state index in [1.54, 1.807) is 6.92 Å². The van der Waals surface area contributed by atoms with Gasteiger partial charge in [0.05, 0.1) is 15.8 Å². The zero-order valence-electron chi connectivity index (χ0n) is 9.56. The number of rotatable bonds is 2. The van der Waals surface area contributed by atoms with E-state index in [-0.39, 0.29) is 4.90 Å². The van der Waals surface area contributed by atoms with Gasteiger partial charge in [0.25, 0.3) is 0 Å². The summed E-state index contributed by atoms with van der Waals surface area (Å²) in [4.78, 5) is 1.96. The van der Waals surface area contributed by atoms with Gasteiger partial charge in [-0.3, -0.25) is 0 Å². The monoisotopic (exact) mass is 258 g/mol. The lowest BCUT2D eigenvalue weighted by atomic mass is 10.2. The summed E-state index contributed by atoms with van der Waals surface area (Å²) in [6.45, 7) is 3.03. The highest BCUT2D eigenvalue weighted by Crippen LogP contribution is 2.33. The molecule has 0 saturated heterocycles. The Morgan fingerprint density at radius 2 is 2.24 bits per heavy atom. The number of sulfone groups is 1. The van der Waals surface area contributed by atoms with E-state index in [0.717, 1.165) is 6.07 Å². The molecule has 0 spiro atoms. The van der Waals surface area contributed by atoms with Crippen molar-refractivity contribution in [3.8, 4) is 0 Å². The number of benzene rings is 1. The molecule has 1 heterocycles. The van der Waals surface area contributed by atoms with Crippen molar-refractivity contribution < 1.29 is 12.8 Å². The smallest absolute Gasteiger partial charge is 0.184 e. The molecule has 1 atom stereocenters. The minimum atomic E-state index is -3.42. The third-order valence-electron chi connectivity index (χ3n) is 2.98. The molecule has 17 heavy (non-hydrogen) atoms. The molecular weight excluding hydrogens is 243 g/mol. The zero-order valence-corrected chi connectivity index (χ0v) is 10.4. The third kappa shape index (κ3) is 2.02. The second kappa shape index (κ2) is 4.27. The van der Waals surface area contributed by atoms with Gasteiger partial charge in [-0.1, -0.05) is 0 Å². The van der Waals surface area contributed by atoms with Gasteiger partial charge in [-0.05, 0) is 25.1 Å². The second-order valence-electron chi connectivity index (χ2n) is 4.20. The maximum Gasteiger partial charge on any atom is 0.184 e. The third-order valence-corrected chi connectivity index (χ3v) is 5.12. The number of nitrogens with two attached hydrogens (primary N) is 1. The molecule has 94 valence electrons. The Morgan fingerprint density at radius 1 is 1.53 bits per heavy atom. The van der Waals surface area contributed by atoms with Crippen molar-refractivity contribution in [3.05, 3.63) is 24.0 Å². The first-order valence-corrected chi connectivity index (χ1v) is 7.00. The zero-order chi connectivity index (χ0) is 12.6. The standard InChI is InChI=1S/C11H15FN2O2S/c1-8-7-14(5-4-13)10-3-2-9(12)6-11(10)17(8,15)16/h2-3,6,8H,4-5,7,13H2,1H3. The fourth-order valence-corrected chi connectivity index (χ4v) is 3.64. The van der Waals surface area contributed by atoms with Crippen LogP contribution in [0.5, 0.6) is 0 Å². The van der Waals surface area contributed by atoms with E-state index in [1.165, 1.54) is 12.1 Å². The molecule has 0 saturated carbocycles. The average molecular weight is 258 g/mol. The summed E-state index contributed by atoms with van der Waals surface area (Å²) in [5, 5.41) is -0.539. The molecule has 1 aromatic rings. The molecule has 1 aromatic carbocycles. The molecule has 0 fully saturated rings. The van der Waals surface area contributed by atoms with Gasteiger partial charge in [-0.2, -0.15) is 0 Å². The first kappa shape index (κ1) is 12.3. The number of hydrogen-bond acceptors (Lipinski definition) is 4. The lowest BCUT2D eigenvalue weighted by Gasteiger charge is -2.34. The summed E-state index contributed by atoms with van der Waals surface area (Å²) in [6, 6.07) is 3.86. The van der Waals surface area contributed by atoms with Crippen LogP contribution in [-0.2, 0) is 9.84 Å². The number of anilines is 1. The molecule has 0 bridgehead atoms. The maximum absolute atomic E-state index is 13.2. The number of nitrogens with zero attached hydrogens (tertiary/aromatic N) is 1. The minimum absolute atomic E-state index is 0.0738. The van der Waals surface area contributed by atoms with Gasteiger partial charge in [0.2, 0.25) is 0 Å². The number of fused-ring (bicyclic) bond motifs is 1. The van der Waals surface area contributed by atoms with Gasteiger partial charge in [0.1, 0.15) is 5.82 Å². The lowest BCUT2D eigenvalue weighted by Crippen LogP contribution is -2.43. The van der Waals surface area contributed by atoms with Gasteiger partial charge in [-0.15, -0.1) is 0 Å². The van der Waals surface area contributed by atoms with Crippen molar-refractivity contribution in [1.29, 1.82) is 0 Å². The molecule has 1 unspecified atom stereocenters. The van der Waals surface area contributed by atoms with Crippen LogP contribution in [0.15, 0.2) is 23.1 Å². The Kier molecular flexibility index (Phi) is 3.09. The van der Waals surface area contributed by atoms with Gasteiger partial charge >= 0.3 is 0 Å². The van der Waals surface area contributed by atoms with Crippen LogP contribution in [0.4, 0.5) is 10.1 Å². The topological polar surface area (TPSA) is 63.4 Å².